The highest BCUT2D eigenvalue weighted by Gasteiger charge is 2.28. The summed E-state index contributed by atoms with van der Waals surface area (Å²) in [6.45, 7) is 3.62. The maximum atomic E-state index is 12.2. The molecule has 0 aliphatic heterocycles. The number of hydrogen-bond donors (Lipinski definition) is 2. The van der Waals surface area contributed by atoms with Crippen molar-refractivity contribution in [3.8, 4) is 0 Å². The number of halogens is 1. The molecule has 0 aromatic heterocycles. The van der Waals surface area contributed by atoms with Crippen molar-refractivity contribution in [3.05, 3.63) is 28.2 Å². The second-order valence-corrected chi connectivity index (χ2v) is 7.91. The Bertz CT molecular complexity index is 659. The molecule has 2 rings (SSSR count). The number of ether oxygens (including phenoxy) is 1. The van der Waals surface area contributed by atoms with Gasteiger partial charge in [0.2, 0.25) is 10.0 Å². The largest absolute Gasteiger partial charge is 0.382 e. The molecule has 23 heavy (non-hydrogen) atoms. The van der Waals surface area contributed by atoms with Crippen LogP contribution in [0.2, 0.25) is 0 Å². The van der Waals surface area contributed by atoms with Gasteiger partial charge in [0.15, 0.2) is 0 Å². The van der Waals surface area contributed by atoms with Crippen molar-refractivity contribution < 1.29 is 17.9 Å². The van der Waals surface area contributed by atoms with Crippen molar-refractivity contribution in [2.45, 2.75) is 37.1 Å². The summed E-state index contributed by atoms with van der Waals surface area (Å²) >= 11 is 3.29. The molecule has 0 heterocycles. The van der Waals surface area contributed by atoms with Gasteiger partial charge < -0.3 is 10.1 Å². The van der Waals surface area contributed by atoms with Gasteiger partial charge in [0, 0.05) is 30.3 Å². The van der Waals surface area contributed by atoms with Crippen LogP contribution in [0.25, 0.3) is 0 Å². The fraction of sp³-hybridized carbons (Fsp3) is 0.533. The highest BCUT2D eigenvalue weighted by atomic mass is 79.9. The van der Waals surface area contributed by atoms with Crippen molar-refractivity contribution in [2.24, 2.45) is 0 Å². The zero-order valence-electron chi connectivity index (χ0n) is 13.0. The average molecular weight is 405 g/mol. The molecule has 1 aliphatic carbocycles. The molecule has 8 heteroatoms. The lowest BCUT2D eigenvalue weighted by Crippen LogP contribution is -2.28. The van der Waals surface area contributed by atoms with Gasteiger partial charge in [-0.15, -0.1) is 0 Å². The van der Waals surface area contributed by atoms with Crippen molar-refractivity contribution in [2.75, 3.05) is 19.8 Å². The van der Waals surface area contributed by atoms with Gasteiger partial charge in [-0.25, -0.2) is 13.1 Å². The van der Waals surface area contributed by atoms with Crippen molar-refractivity contribution in [1.29, 1.82) is 0 Å². The van der Waals surface area contributed by atoms with E-state index in [9.17, 15) is 13.2 Å². The highest BCUT2D eigenvalue weighted by molar-refractivity contribution is 9.10. The van der Waals surface area contributed by atoms with Crippen LogP contribution in [0.4, 0.5) is 0 Å². The van der Waals surface area contributed by atoms with Crippen molar-refractivity contribution >= 4 is 31.9 Å². The maximum Gasteiger partial charge on any atom is 0.252 e. The number of amides is 1. The predicted octanol–water partition coefficient (Wildman–Crippen LogP) is 2.05. The van der Waals surface area contributed by atoms with Crippen LogP contribution in [-0.2, 0) is 14.8 Å². The summed E-state index contributed by atoms with van der Waals surface area (Å²) in [7, 11) is -3.57. The van der Waals surface area contributed by atoms with Crippen LogP contribution < -0.4 is 10.0 Å². The average Bonchev–Trinajstić information content (AvgIpc) is 3.30. The lowest BCUT2D eigenvalue weighted by molar-refractivity contribution is 0.0943. The molecule has 2 N–H and O–H groups in total. The Hall–Kier alpha value is -0.960. The number of carbonyl (C=O) groups is 1. The summed E-state index contributed by atoms with van der Waals surface area (Å²) in [4.78, 5) is 12.3. The summed E-state index contributed by atoms with van der Waals surface area (Å²) in [6, 6.07) is 4.49. The van der Waals surface area contributed by atoms with E-state index in [0.29, 0.717) is 36.2 Å². The predicted molar refractivity (Wildman–Crippen MR) is 90.9 cm³/mol. The number of carbonyl (C=O) groups excluding carboxylic acids is 1. The standard InChI is InChI=1S/C15H21BrN2O4S/c1-2-22-9-3-8-17-15(19)13-10-12(6-7-14(13)16)23(20,21)18-11-4-5-11/h6-7,10-11,18H,2-5,8-9H2,1H3,(H,17,19). The molecule has 0 radical (unpaired) electrons. The zero-order chi connectivity index (χ0) is 16.9. The molecule has 0 spiro atoms. The molecule has 128 valence electrons. The third kappa shape index (κ3) is 5.56. The van der Waals surface area contributed by atoms with Crippen LogP contribution in [0, 0.1) is 0 Å². The second kappa shape index (κ2) is 8.23. The topological polar surface area (TPSA) is 84.5 Å². The molecular weight excluding hydrogens is 384 g/mol. The molecule has 0 unspecified atom stereocenters. The van der Waals surface area contributed by atoms with Gasteiger partial charge in [-0.05, 0) is 60.3 Å². The van der Waals surface area contributed by atoms with E-state index in [2.05, 4.69) is 26.0 Å². The molecule has 1 aromatic rings. The molecule has 1 aromatic carbocycles. The van der Waals surface area contributed by atoms with E-state index < -0.39 is 10.0 Å². The van der Waals surface area contributed by atoms with E-state index >= 15 is 0 Å². The fourth-order valence-electron chi connectivity index (χ4n) is 1.95. The second-order valence-electron chi connectivity index (χ2n) is 5.34. The minimum Gasteiger partial charge on any atom is -0.382 e. The first-order valence-electron chi connectivity index (χ1n) is 7.62. The number of hydrogen-bond acceptors (Lipinski definition) is 4. The molecule has 0 saturated heterocycles. The molecule has 1 saturated carbocycles. The summed E-state index contributed by atoms with van der Waals surface area (Å²) in [5, 5.41) is 2.77. The molecule has 0 atom stereocenters. The number of sulfonamides is 1. The van der Waals surface area contributed by atoms with Gasteiger partial charge >= 0.3 is 0 Å². The Morgan fingerprint density at radius 1 is 1.39 bits per heavy atom. The first-order chi connectivity index (χ1) is 10.9. The van der Waals surface area contributed by atoms with Gasteiger partial charge in [-0.1, -0.05) is 0 Å². The lowest BCUT2D eigenvalue weighted by Gasteiger charge is -2.10. The zero-order valence-corrected chi connectivity index (χ0v) is 15.4. The SMILES string of the molecule is CCOCCCNC(=O)c1cc(S(=O)(=O)NC2CC2)ccc1Br. The van der Waals surface area contributed by atoms with Gasteiger partial charge in [-0.3, -0.25) is 4.79 Å². The first-order valence-corrected chi connectivity index (χ1v) is 9.89. The Balaban J connectivity index is 2.03. The molecular formula is C15H21BrN2O4S. The Morgan fingerprint density at radius 2 is 2.13 bits per heavy atom. The molecule has 1 fully saturated rings. The first kappa shape index (κ1) is 18.4. The minimum absolute atomic E-state index is 0.0273. The van der Waals surface area contributed by atoms with E-state index in [4.69, 9.17) is 4.74 Å². The number of nitrogens with one attached hydrogen (secondary N) is 2. The normalized spacial score (nSPS) is 14.7. The van der Waals surface area contributed by atoms with Crippen molar-refractivity contribution in [1.82, 2.24) is 10.0 Å². The van der Waals surface area contributed by atoms with Crippen LogP contribution in [-0.4, -0.2) is 40.1 Å². The van der Waals surface area contributed by atoms with Gasteiger partial charge in [0.05, 0.1) is 10.5 Å². The Morgan fingerprint density at radius 3 is 2.78 bits per heavy atom. The number of rotatable bonds is 9. The Kier molecular flexibility index (Phi) is 6.58. The summed E-state index contributed by atoms with van der Waals surface area (Å²) in [5.41, 5.74) is 0.306. The van der Waals surface area contributed by atoms with Crippen LogP contribution >= 0.6 is 15.9 Å². The van der Waals surface area contributed by atoms with Gasteiger partial charge in [0.25, 0.3) is 5.91 Å². The van der Waals surface area contributed by atoms with Crippen LogP contribution in [0.5, 0.6) is 0 Å². The van der Waals surface area contributed by atoms with Crippen molar-refractivity contribution in [3.63, 3.8) is 0 Å². The third-order valence-electron chi connectivity index (χ3n) is 3.35. The quantitative estimate of drug-likeness (QED) is 0.616. The van der Waals surface area contributed by atoms with Gasteiger partial charge in [0.1, 0.15) is 0 Å². The van der Waals surface area contributed by atoms with Crippen LogP contribution in [0.15, 0.2) is 27.6 Å². The summed E-state index contributed by atoms with van der Waals surface area (Å²) in [5.74, 6) is -0.308. The lowest BCUT2D eigenvalue weighted by atomic mass is 10.2. The number of benzene rings is 1. The van der Waals surface area contributed by atoms with E-state index in [1.54, 1.807) is 6.07 Å². The maximum absolute atomic E-state index is 12.2. The summed E-state index contributed by atoms with van der Waals surface area (Å²) in [6.07, 6.45) is 2.43. The monoisotopic (exact) mass is 404 g/mol. The Labute approximate surface area is 145 Å². The molecule has 0 bridgehead atoms. The van der Waals surface area contributed by atoms with Crippen LogP contribution in [0.3, 0.4) is 0 Å². The molecule has 1 amide bonds. The third-order valence-corrected chi connectivity index (χ3v) is 5.56. The highest BCUT2D eigenvalue weighted by Crippen LogP contribution is 2.25. The van der Waals surface area contributed by atoms with Crippen LogP contribution in [0.1, 0.15) is 36.5 Å². The smallest absolute Gasteiger partial charge is 0.252 e. The molecule has 1 aliphatic rings. The van der Waals surface area contributed by atoms with E-state index in [1.165, 1.54) is 12.1 Å². The van der Waals surface area contributed by atoms with Gasteiger partial charge in [-0.2, -0.15) is 0 Å². The minimum atomic E-state index is -3.57. The van der Waals surface area contributed by atoms with E-state index in [-0.39, 0.29) is 16.8 Å². The molecule has 6 nitrogen and oxygen atoms in total. The van der Waals surface area contributed by atoms with E-state index in [1.807, 2.05) is 6.92 Å². The summed E-state index contributed by atoms with van der Waals surface area (Å²) < 4.78 is 32.8. The fourth-order valence-corrected chi connectivity index (χ4v) is 3.71. The van der Waals surface area contributed by atoms with E-state index in [0.717, 1.165) is 12.8 Å².